The van der Waals surface area contributed by atoms with Gasteiger partial charge in [0.05, 0.1) is 5.56 Å². The predicted octanol–water partition coefficient (Wildman–Crippen LogP) is 2.32. The van der Waals surface area contributed by atoms with Crippen molar-refractivity contribution in [3.8, 4) is 0 Å². The Morgan fingerprint density at radius 3 is 2.44 bits per heavy atom. The fraction of sp³-hybridized carbons (Fsp3) is 0.231. The number of benzene rings is 1. The number of carbonyl (C=O) groups is 2. The molecule has 1 N–H and O–H groups in total. The van der Waals surface area contributed by atoms with Gasteiger partial charge in [0.1, 0.15) is 11.6 Å². The van der Waals surface area contributed by atoms with Gasteiger partial charge in [0, 0.05) is 25.1 Å². The number of Topliss-reactive ketones (excluding diaryl/α,β-unsaturated/α-hetero) is 1. The number of nitrogens with one attached hydrogen (secondary N) is 1. The van der Waals surface area contributed by atoms with E-state index in [-0.39, 0.29) is 23.6 Å². The second-order valence-corrected chi connectivity index (χ2v) is 3.75. The Hall–Kier alpha value is -2.04. The Morgan fingerprint density at radius 1 is 1.22 bits per heavy atom. The molecule has 0 atom stereocenters. The maximum atomic E-state index is 13.4. The van der Waals surface area contributed by atoms with Crippen LogP contribution in [0.2, 0.25) is 0 Å². The smallest absolute Gasteiger partial charge is 0.217 e. The Morgan fingerprint density at radius 2 is 1.89 bits per heavy atom. The minimum absolute atomic E-state index is 0.104. The van der Waals surface area contributed by atoms with Gasteiger partial charge in [0.15, 0.2) is 5.78 Å². The van der Waals surface area contributed by atoms with E-state index in [0.717, 1.165) is 6.07 Å². The van der Waals surface area contributed by atoms with Gasteiger partial charge in [-0.05, 0) is 13.0 Å². The molecule has 0 radical (unpaired) electrons. The topological polar surface area (TPSA) is 46.2 Å². The quantitative estimate of drug-likeness (QED) is 0.837. The molecule has 1 aromatic rings. The zero-order valence-corrected chi connectivity index (χ0v) is 10.1. The molecule has 3 nitrogen and oxygen atoms in total. The number of ketones is 1. The Bertz CT molecular complexity index is 510. The number of hydrogen-bond acceptors (Lipinski definition) is 2. The lowest BCUT2D eigenvalue weighted by atomic mass is 10.1. The van der Waals surface area contributed by atoms with Crippen LogP contribution in [0.1, 0.15) is 29.8 Å². The molecule has 5 heteroatoms. The standard InChI is InChI=1S/C13H13F2NO2/c1-8(17)11-6-10(12(14)7-13(11)15)4-3-5-16-9(2)18/h3-4,6-7H,5H2,1-2H3,(H,16,18). The molecule has 0 aliphatic rings. The van der Waals surface area contributed by atoms with Gasteiger partial charge in [0.2, 0.25) is 5.91 Å². The molecule has 0 bridgehead atoms. The molecule has 0 spiro atoms. The molecule has 0 unspecified atom stereocenters. The normalized spacial score (nSPS) is 10.7. The molecule has 1 rings (SSSR count). The van der Waals surface area contributed by atoms with Crippen LogP contribution in [-0.2, 0) is 4.79 Å². The van der Waals surface area contributed by atoms with Crippen LogP contribution in [0.4, 0.5) is 8.78 Å². The van der Waals surface area contributed by atoms with E-state index in [4.69, 9.17) is 0 Å². The first-order valence-electron chi connectivity index (χ1n) is 5.32. The molecule has 0 aliphatic carbocycles. The van der Waals surface area contributed by atoms with E-state index in [0.29, 0.717) is 6.07 Å². The maximum Gasteiger partial charge on any atom is 0.217 e. The van der Waals surface area contributed by atoms with E-state index in [9.17, 15) is 18.4 Å². The largest absolute Gasteiger partial charge is 0.353 e. The highest BCUT2D eigenvalue weighted by molar-refractivity contribution is 5.94. The van der Waals surface area contributed by atoms with Gasteiger partial charge < -0.3 is 5.32 Å². The molecule has 96 valence electrons. The summed E-state index contributed by atoms with van der Waals surface area (Å²) in [5, 5.41) is 2.49. The second kappa shape index (κ2) is 6.05. The SMILES string of the molecule is CC(=O)NCC=Cc1cc(C(C)=O)c(F)cc1F. The van der Waals surface area contributed by atoms with Crippen molar-refractivity contribution in [2.75, 3.05) is 6.54 Å². The van der Waals surface area contributed by atoms with Crippen LogP contribution >= 0.6 is 0 Å². The van der Waals surface area contributed by atoms with Gasteiger partial charge in [0.25, 0.3) is 0 Å². The fourth-order valence-corrected chi connectivity index (χ4v) is 1.35. The average molecular weight is 253 g/mol. The minimum Gasteiger partial charge on any atom is -0.353 e. The number of rotatable bonds is 4. The van der Waals surface area contributed by atoms with E-state index in [2.05, 4.69) is 5.32 Å². The third-order valence-electron chi connectivity index (χ3n) is 2.23. The third kappa shape index (κ3) is 3.76. The van der Waals surface area contributed by atoms with Crippen LogP contribution in [0.15, 0.2) is 18.2 Å². The lowest BCUT2D eigenvalue weighted by Crippen LogP contribution is -2.19. The van der Waals surface area contributed by atoms with Crippen LogP contribution in [0.5, 0.6) is 0 Å². The number of amides is 1. The van der Waals surface area contributed by atoms with Crippen molar-refractivity contribution in [3.05, 3.63) is 41.0 Å². The summed E-state index contributed by atoms with van der Waals surface area (Å²) >= 11 is 0. The van der Waals surface area contributed by atoms with Crippen molar-refractivity contribution in [2.24, 2.45) is 0 Å². The summed E-state index contributed by atoms with van der Waals surface area (Å²) in [6.07, 6.45) is 2.90. The lowest BCUT2D eigenvalue weighted by Gasteiger charge is -2.03. The monoisotopic (exact) mass is 253 g/mol. The highest BCUT2D eigenvalue weighted by Crippen LogP contribution is 2.16. The Balaban J connectivity index is 2.92. The van der Waals surface area contributed by atoms with Gasteiger partial charge in [-0.3, -0.25) is 9.59 Å². The van der Waals surface area contributed by atoms with Crippen LogP contribution in [0.3, 0.4) is 0 Å². The highest BCUT2D eigenvalue weighted by Gasteiger charge is 2.11. The number of halogens is 2. The second-order valence-electron chi connectivity index (χ2n) is 3.75. The van der Waals surface area contributed by atoms with E-state index in [1.54, 1.807) is 0 Å². The molecular weight excluding hydrogens is 240 g/mol. The van der Waals surface area contributed by atoms with Gasteiger partial charge >= 0.3 is 0 Å². The molecule has 18 heavy (non-hydrogen) atoms. The van der Waals surface area contributed by atoms with E-state index < -0.39 is 17.4 Å². The van der Waals surface area contributed by atoms with Crippen molar-refractivity contribution in [2.45, 2.75) is 13.8 Å². The fourth-order valence-electron chi connectivity index (χ4n) is 1.35. The van der Waals surface area contributed by atoms with Crippen molar-refractivity contribution in [3.63, 3.8) is 0 Å². The van der Waals surface area contributed by atoms with Gasteiger partial charge in [-0.25, -0.2) is 8.78 Å². The van der Waals surface area contributed by atoms with Gasteiger partial charge in [-0.15, -0.1) is 0 Å². The average Bonchev–Trinajstić information content (AvgIpc) is 2.25. The summed E-state index contributed by atoms with van der Waals surface area (Å²) in [5.74, 6) is -2.30. The van der Waals surface area contributed by atoms with Gasteiger partial charge in [-0.2, -0.15) is 0 Å². The molecular formula is C13H13F2NO2. The van der Waals surface area contributed by atoms with Crippen LogP contribution < -0.4 is 5.32 Å². The Labute approximate surface area is 104 Å². The highest BCUT2D eigenvalue weighted by atomic mass is 19.1. The van der Waals surface area contributed by atoms with Crippen molar-refractivity contribution >= 4 is 17.8 Å². The van der Waals surface area contributed by atoms with E-state index >= 15 is 0 Å². The number of hydrogen-bond donors (Lipinski definition) is 1. The van der Waals surface area contributed by atoms with Crippen LogP contribution in [0, 0.1) is 11.6 Å². The summed E-state index contributed by atoms with van der Waals surface area (Å²) in [4.78, 5) is 21.7. The molecule has 0 saturated carbocycles. The summed E-state index contributed by atoms with van der Waals surface area (Å²) in [7, 11) is 0. The molecule has 0 fully saturated rings. The predicted molar refractivity (Wildman–Crippen MR) is 64.1 cm³/mol. The summed E-state index contributed by atoms with van der Waals surface area (Å²) in [5.41, 5.74) is -0.0532. The molecule has 0 saturated heterocycles. The van der Waals surface area contributed by atoms with Crippen molar-refractivity contribution < 1.29 is 18.4 Å². The summed E-state index contributed by atoms with van der Waals surface area (Å²) < 4.78 is 26.6. The van der Waals surface area contributed by atoms with Gasteiger partial charge in [-0.1, -0.05) is 12.2 Å². The first kappa shape index (κ1) is 14.0. The first-order valence-corrected chi connectivity index (χ1v) is 5.32. The third-order valence-corrected chi connectivity index (χ3v) is 2.23. The van der Waals surface area contributed by atoms with Crippen molar-refractivity contribution in [1.82, 2.24) is 5.32 Å². The summed E-state index contributed by atoms with van der Waals surface area (Å²) in [6, 6.07) is 1.83. The molecule has 0 aliphatic heterocycles. The van der Waals surface area contributed by atoms with Crippen LogP contribution in [0.25, 0.3) is 6.08 Å². The zero-order valence-electron chi connectivity index (χ0n) is 10.1. The molecule has 0 heterocycles. The Kier molecular flexibility index (Phi) is 4.71. The van der Waals surface area contributed by atoms with Crippen molar-refractivity contribution in [1.29, 1.82) is 0 Å². The summed E-state index contributed by atoms with van der Waals surface area (Å²) in [6.45, 7) is 2.81. The molecule has 0 aromatic heterocycles. The zero-order chi connectivity index (χ0) is 13.7. The minimum atomic E-state index is -0.876. The maximum absolute atomic E-state index is 13.4. The molecule has 1 aromatic carbocycles. The van der Waals surface area contributed by atoms with Crippen LogP contribution in [-0.4, -0.2) is 18.2 Å². The van der Waals surface area contributed by atoms with E-state index in [1.807, 2.05) is 0 Å². The lowest BCUT2D eigenvalue weighted by molar-refractivity contribution is -0.118. The first-order chi connectivity index (χ1) is 8.41. The number of carbonyl (C=O) groups excluding carboxylic acids is 2. The van der Waals surface area contributed by atoms with E-state index in [1.165, 1.54) is 26.0 Å². The molecule has 1 amide bonds.